The van der Waals surface area contributed by atoms with Crippen molar-refractivity contribution in [2.45, 2.75) is 39.2 Å². The number of rotatable bonds is 7. The van der Waals surface area contributed by atoms with Crippen molar-refractivity contribution in [1.29, 1.82) is 0 Å². The first-order valence-corrected chi connectivity index (χ1v) is 7.32. The topological polar surface area (TPSA) is 53.1 Å². The van der Waals surface area contributed by atoms with E-state index >= 15 is 0 Å². The molecule has 0 radical (unpaired) electrons. The minimum Gasteiger partial charge on any atom is -0.369 e. The van der Waals surface area contributed by atoms with Crippen molar-refractivity contribution >= 4 is 11.6 Å². The van der Waals surface area contributed by atoms with Crippen LogP contribution in [-0.4, -0.2) is 47.1 Å². The molecular weight excluding hydrogens is 238 g/mol. The fraction of sp³-hybridized carbons (Fsp3) is 0.714. The molecule has 1 atom stereocenters. The minimum absolute atomic E-state index is 0.397. The summed E-state index contributed by atoms with van der Waals surface area (Å²) in [5.41, 5.74) is 0. The molecule has 1 aromatic heterocycles. The fourth-order valence-electron chi connectivity index (χ4n) is 2.42. The van der Waals surface area contributed by atoms with Gasteiger partial charge in [-0.05, 0) is 39.3 Å². The lowest BCUT2D eigenvalue weighted by atomic mass is 10.3. The molecule has 0 amide bonds. The third-order valence-corrected chi connectivity index (χ3v) is 3.32. The Morgan fingerprint density at radius 1 is 1.26 bits per heavy atom. The zero-order chi connectivity index (χ0) is 13.5. The predicted molar refractivity (Wildman–Crippen MR) is 79.6 cm³/mol. The summed E-state index contributed by atoms with van der Waals surface area (Å²) in [4.78, 5) is 11.2. The average molecular weight is 263 g/mol. The summed E-state index contributed by atoms with van der Waals surface area (Å²) in [6, 6.07) is 0.397. The van der Waals surface area contributed by atoms with Crippen molar-refractivity contribution in [3.8, 4) is 0 Å². The number of hydrogen-bond donors (Lipinski definition) is 2. The van der Waals surface area contributed by atoms with Crippen LogP contribution in [0.25, 0.3) is 0 Å². The van der Waals surface area contributed by atoms with Gasteiger partial charge in [0.25, 0.3) is 0 Å². The molecule has 0 spiro atoms. The Morgan fingerprint density at radius 2 is 2.00 bits per heavy atom. The summed E-state index contributed by atoms with van der Waals surface area (Å²) in [6.45, 7) is 8.81. The monoisotopic (exact) mass is 263 g/mol. The summed E-state index contributed by atoms with van der Waals surface area (Å²) < 4.78 is 0. The molecule has 19 heavy (non-hydrogen) atoms. The Morgan fingerprint density at radius 3 is 2.74 bits per heavy atom. The van der Waals surface area contributed by atoms with Gasteiger partial charge >= 0.3 is 0 Å². The summed E-state index contributed by atoms with van der Waals surface area (Å²) in [7, 11) is 0. The largest absolute Gasteiger partial charge is 0.369 e. The van der Waals surface area contributed by atoms with Crippen molar-refractivity contribution in [3.63, 3.8) is 0 Å². The van der Waals surface area contributed by atoms with Gasteiger partial charge in [-0.15, -0.1) is 0 Å². The first-order chi connectivity index (χ1) is 9.28. The predicted octanol–water partition coefficient (Wildman–Crippen LogP) is 2.19. The van der Waals surface area contributed by atoms with Crippen LogP contribution in [-0.2, 0) is 0 Å². The summed E-state index contributed by atoms with van der Waals surface area (Å²) in [5, 5.41) is 6.69. The zero-order valence-corrected chi connectivity index (χ0v) is 12.0. The summed E-state index contributed by atoms with van der Waals surface area (Å²) in [5.74, 6) is 1.70. The van der Waals surface area contributed by atoms with Gasteiger partial charge in [-0.1, -0.05) is 6.92 Å². The number of hydrogen-bond acceptors (Lipinski definition) is 5. The average Bonchev–Trinajstić information content (AvgIpc) is 2.89. The second kappa shape index (κ2) is 7.28. The first-order valence-electron chi connectivity index (χ1n) is 7.32. The van der Waals surface area contributed by atoms with E-state index in [4.69, 9.17) is 0 Å². The Labute approximate surface area is 115 Å². The van der Waals surface area contributed by atoms with E-state index in [0.717, 1.165) is 31.1 Å². The molecule has 1 unspecified atom stereocenters. The van der Waals surface area contributed by atoms with Crippen molar-refractivity contribution in [3.05, 3.63) is 12.4 Å². The maximum atomic E-state index is 4.52. The molecule has 2 rings (SSSR count). The van der Waals surface area contributed by atoms with Crippen molar-refractivity contribution < 1.29 is 0 Å². The van der Waals surface area contributed by atoms with Gasteiger partial charge in [0.15, 0.2) is 0 Å². The lowest BCUT2D eigenvalue weighted by Crippen LogP contribution is -2.33. The standard InChI is InChI=1S/C14H25N5/c1-3-6-16-13-9-15-10-14(18-13)17-12(2)11-19-7-4-5-8-19/h9-10,12H,3-8,11H2,1-2H3,(H2,16,17,18). The highest BCUT2D eigenvalue weighted by Gasteiger charge is 2.14. The van der Waals surface area contributed by atoms with Crippen LogP contribution in [0.3, 0.4) is 0 Å². The van der Waals surface area contributed by atoms with E-state index < -0.39 is 0 Å². The molecule has 1 aliphatic rings. The van der Waals surface area contributed by atoms with Crippen LogP contribution >= 0.6 is 0 Å². The molecule has 0 bridgehead atoms. The molecule has 0 aromatic carbocycles. The summed E-state index contributed by atoms with van der Waals surface area (Å²) >= 11 is 0. The molecule has 5 heteroatoms. The normalized spacial score (nSPS) is 17.4. The maximum Gasteiger partial charge on any atom is 0.147 e. The Balaban J connectivity index is 1.83. The molecule has 0 saturated carbocycles. The number of anilines is 2. The highest BCUT2D eigenvalue weighted by molar-refractivity contribution is 5.42. The van der Waals surface area contributed by atoms with Gasteiger partial charge in [-0.25, -0.2) is 4.98 Å². The van der Waals surface area contributed by atoms with Crippen LogP contribution < -0.4 is 10.6 Å². The molecule has 0 aliphatic carbocycles. The van der Waals surface area contributed by atoms with Crippen molar-refractivity contribution in [2.75, 3.05) is 36.8 Å². The first kappa shape index (κ1) is 14.1. The Hall–Kier alpha value is -1.36. The van der Waals surface area contributed by atoms with Crippen molar-refractivity contribution in [2.24, 2.45) is 0 Å². The minimum atomic E-state index is 0.397. The molecule has 106 valence electrons. The highest BCUT2D eigenvalue weighted by Crippen LogP contribution is 2.11. The van der Waals surface area contributed by atoms with Crippen LogP contribution in [0.2, 0.25) is 0 Å². The molecular formula is C14H25N5. The van der Waals surface area contributed by atoms with Gasteiger partial charge in [0, 0.05) is 19.1 Å². The number of nitrogens with one attached hydrogen (secondary N) is 2. The van der Waals surface area contributed by atoms with Crippen LogP contribution in [0.15, 0.2) is 12.4 Å². The van der Waals surface area contributed by atoms with E-state index in [-0.39, 0.29) is 0 Å². The van der Waals surface area contributed by atoms with Crippen molar-refractivity contribution in [1.82, 2.24) is 14.9 Å². The third kappa shape index (κ3) is 4.67. The zero-order valence-electron chi connectivity index (χ0n) is 12.0. The van der Waals surface area contributed by atoms with Crippen LogP contribution in [0, 0.1) is 0 Å². The molecule has 5 nitrogen and oxygen atoms in total. The number of nitrogens with zero attached hydrogens (tertiary/aromatic N) is 3. The van der Waals surface area contributed by atoms with E-state index in [9.17, 15) is 0 Å². The van der Waals surface area contributed by atoms with Gasteiger partial charge < -0.3 is 15.5 Å². The lowest BCUT2D eigenvalue weighted by Gasteiger charge is -2.21. The van der Waals surface area contributed by atoms with Gasteiger partial charge in [-0.3, -0.25) is 4.98 Å². The van der Waals surface area contributed by atoms with Crippen LogP contribution in [0.4, 0.5) is 11.6 Å². The van der Waals surface area contributed by atoms with Crippen LogP contribution in [0.5, 0.6) is 0 Å². The summed E-state index contributed by atoms with van der Waals surface area (Å²) in [6.07, 6.45) is 7.32. The third-order valence-electron chi connectivity index (χ3n) is 3.32. The molecule has 1 aliphatic heterocycles. The Bertz CT molecular complexity index is 376. The number of likely N-dealkylation sites (tertiary alicyclic amines) is 1. The van der Waals surface area contributed by atoms with E-state index in [1.54, 1.807) is 12.4 Å². The fourth-order valence-corrected chi connectivity index (χ4v) is 2.42. The van der Waals surface area contributed by atoms with E-state index in [1.165, 1.54) is 25.9 Å². The van der Waals surface area contributed by atoms with Gasteiger partial charge in [-0.2, -0.15) is 0 Å². The van der Waals surface area contributed by atoms with Gasteiger partial charge in [0.1, 0.15) is 11.6 Å². The second-order valence-corrected chi connectivity index (χ2v) is 5.27. The lowest BCUT2D eigenvalue weighted by molar-refractivity contribution is 0.327. The highest BCUT2D eigenvalue weighted by atomic mass is 15.2. The van der Waals surface area contributed by atoms with E-state index in [2.05, 4.69) is 39.3 Å². The molecule has 1 fully saturated rings. The van der Waals surface area contributed by atoms with E-state index in [0.29, 0.717) is 6.04 Å². The quantitative estimate of drug-likeness (QED) is 0.790. The van der Waals surface area contributed by atoms with Gasteiger partial charge in [0.05, 0.1) is 12.4 Å². The molecule has 2 heterocycles. The van der Waals surface area contributed by atoms with Gasteiger partial charge in [0.2, 0.25) is 0 Å². The number of aromatic nitrogens is 2. The van der Waals surface area contributed by atoms with Crippen LogP contribution in [0.1, 0.15) is 33.1 Å². The SMILES string of the molecule is CCCNc1cncc(NC(C)CN2CCCC2)n1. The second-order valence-electron chi connectivity index (χ2n) is 5.27. The molecule has 1 aromatic rings. The Kier molecular flexibility index (Phi) is 5.39. The molecule has 2 N–H and O–H groups in total. The van der Waals surface area contributed by atoms with E-state index in [1.807, 2.05) is 0 Å². The molecule has 1 saturated heterocycles. The smallest absolute Gasteiger partial charge is 0.147 e. The maximum absolute atomic E-state index is 4.52.